The number of aromatic nitrogens is 1. The Kier molecular flexibility index (Phi) is 5.27. The van der Waals surface area contributed by atoms with E-state index in [0.717, 1.165) is 0 Å². The van der Waals surface area contributed by atoms with Gasteiger partial charge in [-0.2, -0.15) is 0 Å². The second-order valence-corrected chi connectivity index (χ2v) is 15.8. The van der Waals surface area contributed by atoms with Gasteiger partial charge in [-0.3, -0.25) is 0 Å². The van der Waals surface area contributed by atoms with Crippen LogP contribution in [0.15, 0.2) is 140 Å². The highest BCUT2D eigenvalue weighted by atomic mass is 32.1. The fraction of sp³-hybridized carbons (Fsp3) is 0.0667. The largest absolute Gasteiger partial charge is 0.309 e. The first-order chi connectivity index (χ1) is 23.6. The molecule has 0 saturated heterocycles. The van der Waals surface area contributed by atoms with Crippen LogP contribution in [0.3, 0.4) is 0 Å². The van der Waals surface area contributed by atoms with E-state index in [1.165, 1.54) is 101 Å². The molecule has 48 heavy (non-hydrogen) atoms. The Hall–Kier alpha value is -5.22. The van der Waals surface area contributed by atoms with Gasteiger partial charge in [0.15, 0.2) is 0 Å². The second-order valence-electron chi connectivity index (χ2n) is 13.7. The molecular formula is C45H29NS2. The van der Waals surface area contributed by atoms with Crippen molar-refractivity contribution in [1.29, 1.82) is 0 Å². The van der Waals surface area contributed by atoms with Crippen LogP contribution in [0.2, 0.25) is 0 Å². The van der Waals surface area contributed by atoms with Gasteiger partial charge in [-0.15, -0.1) is 22.7 Å². The molecule has 3 heteroatoms. The number of thiophene rings is 2. The minimum absolute atomic E-state index is 0.0311. The number of nitrogens with zero attached hydrogens (tertiary/aromatic N) is 1. The van der Waals surface area contributed by atoms with Gasteiger partial charge in [0.1, 0.15) is 0 Å². The molecule has 0 N–H and O–H groups in total. The van der Waals surface area contributed by atoms with E-state index in [0.29, 0.717) is 0 Å². The molecule has 11 rings (SSSR count). The Balaban J connectivity index is 1.16. The zero-order valence-electron chi connectivity index (χ0n) is 26.5. The minimum Gasteiger partial charge on any atom is -0.309 e. The Bertz CT molecular complexity index is 2980. The smallest absolute Gasteiger partial charge is 0.0547 e. The van der Waals surface area contributed by atoms with Gasteiger partial charge < -0.3 is 4.57 Å². The molecule has 1 aliphatic carbocycles. The van der Waals surface area contributed by atoms with Crippen molar-refractivity contribution in [3.8, 4) is 27.9 Å². The summed E-state index contributed by atoms with van der Waals surface area (Å²) < 4.78 is 7.85. The maximum absolute atomic E-state index is 2.49. The first-order valence-electron chi connectivity index (χ1n) is 16.6. The van der Waals surface area contributed by atoms with Crippen LogP contribution >= 0.6 is 22.7 Å². The summed E-state index contributed by atoms with van der Waals surface area (Å²) in [5.74, 6) is 0. The summed E-state index contributed by atoms with van der Waals surface area (Å²) in [5.41, 5.74) is 11.9. The van der Waals surface area contributed by atoms with E-state index in [1.807, 2.05) is 22.7 Å². The van der Waals surface area contributed by atoms with Crippen molar-refractivity contribution in [2.75, 3.05) is 0 Å². The fourth-order valence-electron chi connectivity index (χ4n) is 8.58. The molecule has 1 aliphatic rings. The fourth-order valence-corrected chi connectivity index (χ4v) is 11.0. The maximum atomic E-state index is 2.49. The van der Waals surface area contributed by atoms with Crippen LogP contribution in [0, 0.1) is 0 Å². The maximum Gasteiger partial charge on any atom is 0.0547 e. The Morgan fingerprint density at radius 3 is 2.10 bits per heavy atom. The van der Waals surface area contributed by atoms with Crippen molar-refractivity contribution < 1.29 is 0 Å². The minimum atomic E-state index is -0.0311. The van der Waals surface area contributed by atoms with Crippen LogP contribution in [0.4, 0.5) is 0 Å². The number of benzene rings is 7. The quantitative estimate of drug-likeness (QED) is 0.176. The lowest BCUT2D eigenvalue weighted by Crippen LogP contribution is -2.14. The molecule has 1 nitrogen and oxygen atoms in total. The van der Waals surface area contributed by atoms with Crippen LogP contribution in [0.5, 0.6) is 0 Å². The molecule has 0 fully saturated rings. The van der Waals surface area contributed by atoms with Gasteiger partial charge in [0.2, 0.25) is 0 Å². The van der Waals surface area contributed by atoms with E-state index in [-0.39, 0.29) is 5.41 Å². The summed E-state index contributed by atoms with van der Waals surface area (Å²) in [6, 6.07) is 52.3. The second kappa shape index (κ2) is 9.44. The first-order valence-corrected chi connectivity index (χ1v) is 18.2. The monoisotopic (exact) mass is 647 g/mol. The third kappa shape index (κ3) is 3.45. The SMILES string of the molecule is CC1(C)c2ccccc2-c2cc3c(cc21)c1ccccc1n3-c1ccc2c(c1)sc1c(-c3cccc4sc5ccccc5c34)cccc12. The highest BCUT2D eigenvalue weighted by molar-refractivity contribution is 7.26. The van der Waals surface area contributed by atoms with E-state index in [2.05, 4.69) is 158 Å². The van der Waals surface area contributed by atoms with Crippen molar-refractivity contribution in [2.45, 2.75) is 19.3 Å². The third-order valence-electron chi connectivity index (χ3n) is 10.8. The molecule has 0 aliphatic heterocycles. The van der Waals surface area contributed by atoms with E-state index >= 15 is 0 Å². The van der Waals surface area contributed by atoms with Gasteiger partial charge in [-0.25, -0.2) is 0 Å². The standard InChI is InChI=1S/C45H29NS2/c1-45(2)36-17-6-3-11-27(36)34-25-39-35(24-37(34)45)28-12-4-7-18-38(28)46(39)26-21-22-29-31-15-9-16-32(44(31)48-42(29)23-26)30-14-10-20-41-43(30)33-13-5-8-19-40(33)47-41/h3-25H,1-2H3. The molecule has 7 aromatic carbocycles. The predicted octanol–water partition coefficient (Wildman–Crippen LogP) is 13.5. The Morgan fingerprint density at radius 2 is 1.17 bits per heavy atom. The molecule has 10 aromatic rings. The molecule has 0 radical (unpaired) electrons. The topological polar surface area (TPSA) is 4.93 Å². The average molecular weight is 648 g/mol. The summed E-state index contributed by atoms with van der Waals surface area (Å²) in [7, 11) is 0. The number of rotatable bonds is 2. The number of hydrogen-bond acceptors (Lipinski definition) is 2. The van der Waals surface area contributed by atoms with Crippen LogP contribution in [0.25, 0.3) is 90.1 Å². The Labute approximate surface area is 285 Å². The van der Waals surface area contributed by atoms with Gasteiger partial charge in [0.25, 0.3) is 0 Å². The molecule has 0 spiro atoms. The average Bonchev–Trinajstić information content (AvgIpc) is 3.84. The summed E-state index contributed by atoms with van der Waals surface area (Å²) >= 11 is 3.81. The molecule has 0 bridgehead atoms. The summed E-state index contributed by atoms with van der Waals surface area (Å²) in [6.07, 6.45) is 0. The van der Waals surface area contributed by atoms with Crippen molar-refractivity contribution in [3.05, 3.63) is 151 Å². The zero-order valence-corrected chi connectivity index (χ0v) is 28.2. The molecule has 0 atom stereocenters. The zero-order chi connectivity index (χ0) is 31.7. The molecule has 0 amide bonds. The lowest BCUT2D eigenvalue weighted by molar-refractivity contribution is 0.661. The highest BCUT2D eigenvalue weighted by Gasteiger charge is 2.36. The van der Waals surface area contributed by atoms with Crippen LogP contribution in [-0.4, -0.2) is 4.57 Å². The number of hydrogen-bond donors (Lipinski definition) is 0. The highest BCUT2D eigenvalue weighted by Crippen LogP contribution is 2.51. The Morgan fingerprint density at radius 1 is 0.438 bits per heavy atom. The van der Waals surface area contributed by atoms with E-state index < -0.39 is 0 Å². The van der Waals surface area contributed by atoms with E-state index in [1.54, 1.807) is 0 Å². The first kappa shape index (κ1) is 26.8. The van der Waals surface area contributed by atoms with Gasteiger partial charge in [-0.05, 0) is 70.3 Å². The summed E-state index contributed by atoms with van der Waals surface area (Å²) in [4.78, 5) is 0. The van der Waals surface area contributed by atoms with Crippen molar-refractivity contribution in [3.63, 3.8) is 0 Å². The van der Waals surface area contributed by atoms with Crippen molar-refractivity contribution in [1.82, 2.24) is 4.57 Å². The molecule has 0 saturated carbocycles. The lowest BCUT2D eigenvalue weighted by Gasteiger charge is -2.21. The van der Waals surface area contributed by atoms with Crippen LogP contribution in [0.1, 0.15) is 25.0 Å². The molecule has 226 valence electrons. The summed E-state index contributed by atoms with van der Waals surface area (Å²) in [5, 5.41) is 7.98. The predicted molar refractivity (Wildman–Crippen MR) is 210 cm³/mol. The van der Waals surface area contributed by atoms with E-state index in [9.17, 15) is 0 Å². The molecular weight excluding hydrogens is 619 g/mol. The normalized spacial score (nSPS) is 13.8. The third-order valence-corrected chi connectivity index (χ3v) is 13.1. The van der Waals surface area contributed by atoms with Crippen molar-refractivity contribution >= 4 is 84.8 Å². The van der Waals surface area contributed by atoms with E-state index in [4.69, 9.17) is 0 Å². The van der Waals surface area contributed by atoms with Crippen LogP contribution < -0.4 is 0 Å². The van der Waals surface area contributed by atoms with Crippen LogP contribution in [-0.2, 0) is 5.41 Å². The molecule has 3 heterocycles. The summed E-state index contributed by atoms with van der Waals surface area (Å²) in [6.45, 7) is 4.74. The molecule has 3 aromatic heterocycles. The lowest BCUT2D eigenvalue weighted by atomic mass is 9.82. The molecule has 0 unspecified atom stereocenters. The van der Waals surface area contributed by atoms with Gasteiger partial charge in [0.05, 0.1) is 11.0 Å². The van der Waals surface area contributed by atoms with Crippen molar-refractivity contribution in [2.24, 2.45) is 0 Å². The van der Waals surface area contributed by atoms with Gasteiger partial charge in [-0.1, -0.05) is 111 Å². The number of para-hydroxylation sites is 1. The number of fused-ring (bicyclic) bond motifs is 12. The van der Waals surface area contributed by atoms with Gasteiger partial charge in [0, 0.05) is 67.8 Å². The van der Waals surface area contributed by atoms with Gasteiger partial charge >= 0.3 is 0 Å².